The molecule has 5 aromatic rings. The quantitative estimate of drug-likeness (QED) is 0.101. The fourth-order valence-electron chi connectivity index (χ4n) is 10.2. The van der Waals surface area contributed by atoms with Gasteiger partial charge < -0.3 is 39.8 Å². The summed E-state index contributed by atoms with van der Waals surface area (Å²) in [7, 11) is 2.67. The SMILES string of the molecule is COC(=O)N[C@H](C(=O)N1CCC[C@H]1c1nc2cc([C@H]3CC[C@H](c4ccc5[nH]c([C@@H]6CCCN6C(=O)[C@H](C(C)C)N(C)C(=O)O)nc5c4)N3c3ccc(C(F)(F)F)cc3)ccc2[nH]1)C(C)C. The van der Waals surface area contributed by atoms with Gasteiger partial charge in [-0.25, -0.2) is 19.6 Å². The molecule has 6 atom stereocenters. The third kappa shape index (κ3) is 8.78. The smallest absolute Gasteiger partial charge is 0.416 e. The van der Waals surface area contributed by atoms with Crippen molar-refractivity contribution in [3.8, 4) is 0 Å². The maximum Gasteiger partial charge on any atom is 0.416 e. The maximum atomic E-state index is 13.9. The van der Waals surface area contributed by atoms with Crippen molar-refractivity contribution in [3.05, 3.63) is 89.0 Å². The fraction of sp³-hybridized carbons (Fsp3) is 0.489. The number of anilines is 1. The first-order valence-electron chi connectivity index (χ1n) is 22.3. The van der Waals surface area contributed by atoms with E-state index in [2.05, 4.69) is 20.2 Å². The average Bonchev–Trinajstić information content (AvgIpc) is 4.12. The second-order valence-electron chi connectivity index (χ2n) is 18.2. The minimum Gasteiger partial charge on any atom is -0.465 e. The Hall–Kier alpha value is -6.33. The molecule has 8 rings (SSSR count). The van der Waals surface area contributed by atoms with Crippen LogP contribution in [0.1, 0.15) is 119 Å². The third-order valence-electron chi connectivity index (χ3n) is 13.4. The number of nitrogens with zero attached hydrogens (tertiary/aromatic N) is 6. The van der Waals surface area contributed by atoms with Crippen LogP contribution in [0.15, 0.2) is 60.7 Å². The van der Waals surface area contributed by atoms with E-state index in [1.807, 2.05) is 64.1 Å². The second kappa shape index (κ2) is 17.9. The Morgan fingerprint density at radius 2 is 1.26 bits per heavy atom. The summed E-state index contributed by atoms with van der Waals surface area (Å²) in [5.41, 5.74) is 4.67. The van der Waals surface area contributed by atoms with Crippen molar-refractivity contribution in [3.63, 3.8) is 0 Å². The molecule has 15 nitrogen and oxygen atoms in total. The maximum absolute atomic E-state index is 13.9. The second-order valence-corrected chi connectivity index (χ2v) is 18.2. The molecule has 18 heteroatoms. The number of hydrogen-bond donors (Lipinski definition) is 4. The lowest BCUT2D eigenvalue weighted by atomic mass is 10.0. The van der Waals surface area contributed by atoms with Gasteiger partial charge in [-0.2, -0.15) is 13.2 Å². The number of H-pyrrole nitrogens is 2. The Kier molecular flexibility index (Phi) is 12.5. The number of aromatic nitrogens is 4. The minimum absolute atomic E-state index is 0.180. The third-order valence-corrected chi connectivity index (χ3v) is 13.4. The number of carboxylic acid groups (broad SMARTS) is 1. The Labute approximate surface area is 374 Å². The number of rotatable bonds is 11. The van der Waals surface area contributed by atoms with Crippen molar-refractivity contribution >= 4 is 51.8 Å². The predicted molar refractivity (Wildman–Crippen MR) is 237 cm³/mol. The van der Waals surface area contributed by atoms with Gasteiger partial charge in [0.25, 0.3) is 0 Å². The Balaban J connectivity index is 1.09. The van der Waals surface area contributed by atoms with Crippen LogP contribution in [0.5, 0.6) is 0 Å². The van der Waals surface area contributed by atoms with Crippen molar-refractivity contribution in [2.24, 2.45) is 11.8 Å². The summed E-state index contributed by atoms with van der Waals surface area (Å²) >= 11 is 0. The van der Waals surface area contributed by atoms with Gasteiger partial charge in [-0.1, -0.05) is 39.8 Å². The summed E-state index contributed by atoms with van der Waals surface area (Å²) in [6.07, 6.45) is -2.11. The van der Waals surface area contributed by atoms with Gasteiger partial charge in [0.05, 0.1) is 58.9 Å². The van der Waals surface area contributed by atoms with E-state index in [4.69, 9.17) is 14.7 Å². The average molecular weight is 900 g/mol. The number of hydrogen-bond acceptors (Lipinski definition) is 8. The van der Waals surface area contributed by atoms with E-state index in [0.29, 0.717) is 67.1 Å². The largest absolute Gasteiger partial charge is 0.465 e. The molecule has 0 spiro atoms. The Morgan fingerprint density at radius 1 is 0.754 bits per heavy atom. The normalized spacial score (nSPS) is 21.2. The van der Waals surface area contributed by atoms with Crippen LogP contribution in [0.4, 0.5) is 28.4 Å². The topological polar surface area (TPSA) is 180 Å². The molecule has 0 radical (unpaired) electrons. The zero-order valence-electron chi connectivity index (χ0n) is 37.4. The van der Waals surface area contributed by atoms with Crippen molar-refractivity contribution in [1.82, 2.24) is 40.0 Å². The van der Waals surface area contributed by atoms with Gasteiger partial charge in [-0.05, 0) is 110 Å². The molecule has 3 aliphatic rings. The molecule has 4 amide bonds. The molecule has 0 aliphatic carbocycles. The lowest BCUT2D eigenvalue weighted by Gasteiger charge is -2.33. The number of aromatic amines is 2. The number of likely N-dealkylation sites (tertiary alicyclic amines) is 2. The molecule has 346 valence electrons. The van der Waals surface area contributed by atoms with Gasteiger partial charge in [0.15, 0.2) is 0 Å². The van der Waals surface area contributed by atoms with Crippen molar-refractivity contribution in [2.45, 2.75) is 109 Å². The summed E-state index contributed by atoms with van der Waals surface area (Å²) in [5, 5.41) is 12.4. The molecule has 4 N–H and O–H groups in total. The molecule has 0 bridgehead atoms. The van der Waals surface area contributed by atoms with Crippen LogP contribution < -0.4 is 10.2 Å². The van der Waals surface area contributed by atoms with Crippen LogP contribution in [0, 0.1) is 11.8 Å². The zero-order chi connectivity index (χ0) is 46.5. The van der Waals surface area contributed by atoms with E-state index in [-0.39, 0.29) is 47.8 Å². The zero-order valence-corrected chi connectivity index (χ0v) is 37.4. The van der Waals surface area contributed by atoms with Gasteiger partial charge in [-0.3, -0.25) is 14.5 Å². The van der Waals surface area contributed by atoms with Gasteiger partial charge in [-0.15, -0.1) is 0 Å². The number of carbonyl (C=O) groups excluding carboxylic acids is 3. The van der Waals surface area contributed by atoms with E-state index < -0.39 is 36.0 Å². The van der Waals surface area contributed by atoms with Crippen LogP contribution in [0.25, 0.3) is 22.1 Å². The lowest BCUT2D eigenvalue weighted by molar-refractivity contribution is -0.139. The molecule has 3 aliphatic heterocycles. The van der Waals surface area contributed by atoms with Crippen LogP contribution in [0.3, 0.4) is 0 Å². The number of carbonyl (C=O) groups is 4. The number of imidazole rings is 2. The van der Waals surface area contributed by atoms with E-state index in [0.717, 1.165) is 52.0 Å². The lowest BCUT2D eigenvalue weighted by Crippen LogP contribution is -2.51. The summed E-state index contributed by atoms with van der Waals surface area (Å²) in [6.45, 7) is 8.38. The number of benzene rings is 3. The van der Waals surface area contributed by atoms with Gasteiger partial charge in [0, 0.05) is 25.8 Å². The van der Waals surface area contributed by atoms with Crippen LogP contribution in [0.2, 0.25) is 0 Å². The number of likely N-dealkylation sites (N-methyl/N-ethyl adjacent to an activating group) is 1. The van der Waals surface area contributed by atoms with Gasteiger partial charge >= 0.3 is 18.4 Å². The van der Waals surface area contributed by atoms with Crippen LogP contribution >= 0.6 is 0 Å². The number of alkyl carbamates (subject to hydrolysis) is 1. The number of ether oxygens (including phenoxy) is 1. The van der Waals surface area contributed by atoms with Gasteiger partial charge in [0.1, 0.15) is 23.7 Å². The predicted octanol–water partition coefficient (Wildman–Crippen LogP) is 8.88. The molecule has 3 saturated heterocycles. The Bertz CT molecular complexity index is 2580. The number of nitrogens with one attached hydrogen (secondary N) is 3. The highest BCUT2D eigenvalue weighted by atomic mass is 19.4. The summed E-state index contributed by atoms with van der Waals surface area (Å²) in [5.74, 6) is 0.354. The number of methoxy groups -OCH3 is 1. The Morgan fingerprint density at radius 3 is 1.71 bits per heavy atom. The molecular formula is C47H56F3N9O6. The van der Waals surface area contributed by atoms with Crippen molar-refractivity contribution in [2.75, 3.05) is 32.1 Å². The van der Waals surface area contributed by atoms with E-state index >= 15 is 0 Å². The van der Waals surface area contributed by atoms with E-state index in [1.165, 1.54) is 26.3 Å². The number of alkyl halides is 3. The molecule has 3 fully saturated rings. The van der Waals surface area contributed by atoms with Crippen molar-refractivity contribution < 1.29 is 42.2 Å². The van der Waals surface area contributed by atoms with Crippen molar-refractivity contribution in [1.29, 1.82) is 0 Å². The van der Waals surface area contributed by atoms with E-state index in [1.54, 1.807) is 9.80 Å². The monoisotopic (exact) mass is 899 g/mol. The first kappa shape index (κ1) is 45.2. The number of halogens is 3. The highest BCUT2D eigenvalue weighted by molar-refractivity contribution is 5.87. The standard InChI is InChI=1S/C47H56F3N9O6/c1-25(2)39(55-45(62)65-6)43(60)57-21-7-9-37(57)41-51-31-17-11-27(23-33(31)53-41)35-19-20-36(59(35)30-15-13-29(14-16-30)47(48,49)50)28-12-18-32-34(24-28)54-42(52-32)38-10-8-22-58(38)44(61)40(26(3)4)56(5)46(63)64/h11-18,23-26,35-40H,7-10,19-22H2,1-6H3,(H,51,53)(H,52,54)(H,55,62)(H,63,64)/t35-,36-,37+,38+,39+,40+/m1/s1. The van der Waals surface area contributed by atoms with Crippen LogP contribution in [-0.4, -0.2) is 103 Å². The summed E-state index contributed by atoms with van der Waals surface area (Å²) in [4.78, 5) is 75.3. The van der Waals surface area contributed by atoms with Gasteiger partial charge in [0.2, 0.25) is 11.8 Å². The molecule has 5 heterocycles. The molecule has 0 saturated carbocycles. The highest BCUT2D eigenvalue weighted by Gasteiger charge is 2.42. The molecule has 65 heavy (non-hydrogen) atoms. The number of amides is 4. The first-order chi connectivity index (χ1) is 30.9. The van der Waals surface area contributed by atoms with E-state index in [9.17, 15) is 37.5 Å². The minimum atomic E-state index is -4.50. The molecular weight excluding hydrogens is 844 g/mol. The summed E-state index contributed by atoms with van der Waals surface area (Å²) < 4.78 is 46.2. The summed E-state index contributed by atoms with van der Waals surface area (Å²) in [6, 6.07) is 14.4. The molecule has 2 aromatic heterocycles. The first-order valence-corrected chi connectivity index (χ1v) is 22.3. The highest BCUT2D eigenvalue weighted by Crippen LogP contribution is 2.48. The van der Waals surface area contributed by atoms with Crippen LogP contribution in [-0.2, 0) is 20.5 Å². The fourth-order valence-corrected chi connectivity index (χ4v) is 10.2. The molecule has 0 unspecified atom stereocenters. The number of fused-ring (bicyclic) bond motifs is 2. The molecule has 3 aromatic carbocycles.